The highest BCUT2D eigenvalue weighted by Crippen LogP contribution is 2.14. The molecule has 0 saturated carbocycles. The van der Waals surface area contributed by atoms with Gasteiger partial charge in [-0.3, -0.25) is 9.59 Å². The second kappa shape index (κ2) is 8.33. The maximum Gasteiger partial charge on any atom is 0.251 e. The number of halogens is 1. The molecular formula is C17H18BrN3O2. The third-order valence-corrected chi connectivity index (χ3v) is 3.57. The Morgan fingerprint density at radius 2 is 1.78 bits per heavy atom. The van der Waals surface area contributed by atoms with Crippen molar-refractivity contribution < 1.29 is 9.59 Å². The van der Waals surface area contributed by atoms with Crippen LogP contribution >= 0.6 is 15.9 Å². The van der Waals surface area contributed by atoms with Gasteiger partial charge >= 0.3 is 0 Å². The molecule has 120 valence electrons. The van der Waals surface area contributed by atoms with E-state index < -0.39 is 0 Å². The zero-order valence-corrected chi connectivity index (χ0v) is 14.3. The maximum absolute atomic E-state index is 12.0. The van der Waals surface area contributed by atoms with Crippen LogP contribution in [0.15, 0.2) is 53.0 Å². The van der Waals surface area contributed by atoms with Crippen LogP contribution in [-0.4, -0.2) is 24.9 Å². The molecule has 5 nitrogen and oxygen atoms in total. The summed E-state index contributed by atoms with van der Waals surface area (Å²) in [6.07, 6.45) is 0. The van der Waals surface area contributed by atoms with Crippen molar-refractivity contribution in [1.82, 2.24) is 5.32 Å². The zero-order valence-electron chi connectivity index (χ0n) is 12.7. The van der Waals surface area contributed by atoms with Crippen molar-refractivity contribution >= 4 is 39.1 Å². The Labute approximate surface area is 143 Å². The molecule has 23 heavy (non-hydrogen) atoms. The van der Waals surface area contributed by atoms with Gasteiger partial charge in [-0.05, 0) is 49.4 Å². The van der Waals surface area contributed by atoms with Crippen molar-refractivity contribution in [3.05, 3.63) is 58.6 Å². The van der Waals surface area contributed by atoms with Gasteiger partial charge in [0.2, 0.25) is 5.91 Å². The van der Waals surface area contributed by atoms with Crippen molar-refractivity contribution in [2.75, 3.05) is 23.7 Å². The molecule has 0 aliphatic heterocycles. The summed E-state index contributed by atoms with van der Waals surface area (Å²) in [5.74, 6) is -0.336. The molecule has 2 aromatic carbocycles. The van der Waals surface area contributed by atoms with E-state index in [1.807, 2.05) is 31.2 Å². The molecule has 2 aromatic rings. The van der Waals surface area contributed by atoms with Crippen LogP contribution in [0.25, 0.3) is 0 Å². The number of benzene rings is 2. The maximum atomic E-state index is 12.0. The lowest BCUT2D eigenvalue weighted by atomic mass is 10.2. The fourth-order valence-corrected chi connectivity index (χ4v) is 2.22. The highest BCUT2D eigenvalue weighted by Gasteiger charge is 2.07. The first-order valence-corrected chi connectivity index (χ1v) is 8.05. The minimum absolute atomic E-state index is 0.146. The van der Waals surface area contributed by atoms with E-state index in [-0.39, 0.29) is 18.4 Å². The Balaban J connectivity index is 1.91. The Morgan fingerprint density at radius 1 is 1.04 bits per heavy atom. The molecule has 0 radical (unpaired) electrons. The van der Waals surface area contributed by atoms with Crippen LogP contribution in [0.2, 0.25) is 0 Å². The SMILES string of the molecule is CCNC(=O)c1cccc(NC(=O)CNc2ccc(Br)cc2)c1. The Hall–Kier alpha value is -2.34. The number of carbonyl (C=O) groups is 2. The average molecular weight is 376 g/mol. The topological polar surface area (TPSA) is 70.2 Å². The Morgan fingerprint density at radius 3 is 2.48 bits per heavy atom. The Kier molecular flexibility index (Phi) is 6.17. The minimum atomic E-state index is -0.180. The van der Waals surface area contributed by atoms with E-state index in [1.165, 1.54) is 0 Å². The molecule has 0 aliphatic rings. The van der Waals surface area contributed by atoms with Crippen LogP contribution in [0.5, 0.6) is 0 Å². The summed E-state index contributed by atoms with van der Waals surface area (Å²) in [5.41, 5.74) is 1.97. The number of hydrogen-bond acceptors (Lipinski definition) is 3. The van der Waals surface area contributed by atoms with Crippen LogP contribution in [0.4, 0.5) is 11.4 Å². The fourth-order valence-electron chi connectivity index (χ4n) is 1.96. The Bertz CT molecular complexity index is 686. The van der Waals surface area contributed by atoms with Crippen molar-refractivity contribution in [2.24, 2.45) is 0 Å². The largest absolute Gasteiger partial charge is 0.376 e. The third kappa shape index (κ3) is 5.41. The van der Waals surface area contributed by atoms with Gasteiger partial charge in [-0.25, -0.2) is 0 Å². The van der Waals surface area contributed by atoms with E-state index >= 15 is 0 Å². The molecule has 2 amide bonds. The smallest absolute Gasteiger partial charge is 0.251 e. The van der Waals surface area contributed by atoms with Crippen LogP contribution in [0, 0.1) is 0 Å². The molecule has 0 heterocycles. The van der Waals surface area contributed by atoms with Crippen molar-refractivity contribution in [1.29, 1.82) is 0 Å². The molecule has 6 heteroatoms. The number of carbonyl (C=O) groups excluding carboxylic acids is 2. The van der Waals surface area contributed by atoms with Gasteiger partial charge in [0.25, 0.3) is 5.91 Å². The van der Waals surface area contributed by atoms with Crippen LogP contribution in [0.1, 0.15) is 17.3 Å². The predicted octanol–water partition coefficient (Wildman–Crippen LogP) is 3.25. The molecular weight excluding hydrogens is 358 g/mol. The fraction of sp³-hybridized carbons (Fsp3) is 0.176. The summed E-state index contributed by atoms with van der Waals surface area (Å²) in [6.45, 7) is 2.57. The van der Waals surface area contributed by atoms with Gasteiger partial charge < -0.3 is 16.0 Å². The quantitative estimate of drug-likeness (QED) is 0.725. The monoisotopic (exact) mass is 375 g/mol. The molecule has 3 N–H and O–H groups in total. The summed E-state index contributed by atoms with van der Waals surface area (Å²) in [7, 11) is 0. The van der Waals surface area contributed by atoms with Crippen molar-refractivity contribution in [3.63, 3.8) is 0 Å². The van der Waals surface area contributed by atoms with Crippen molar-refractivity contribution in [2.45, 2.75) is 6.92 Å². The minimum Gasteiger partial charge on any atom is -0.376 e. The lowest BCUT2D eigenvalue weighted by molar-refractivity contribution is -0.114. The predicted molar refractivity (Wildman–Crippen MR) is 95.7 cm³/mol. The third-order valence-electron chi connectivity index (χ3n) is 3.04. The lowest BCUT2D eigenvalue weighted by Crippen LogP contribution is -2.24. The molecule has 0 aliphatic carbocycles. The van der Waals surface area contributed by atoms with E-state index in [9.17, 15) is 9.59 Å². The van der Waals surface area contributed by atoms with E-state index in [0.29, 0.717) is 17.8 Å². The van der Waals surface area contributed by atoms with Gasteiger partial charge in [-0.2, -0.15) is 0 Å². The molecule has 0 atom stereocenters. The normalized spacial score (nSPS) is 10.0. The molecule has 0 saturated heterocycles. The van der Waals surface area contributed by atoms with E-state index in [1.54, 1.807) is 24.3 Å². The first-order chi connectivity index (χ1) is 11.1. The summed E-state index contributed by atoms with van der Waals surface area (Å²) in [5, 5.41) is 8.53. The van der Waals surface area contributed by atoms with Crippen LogP contribution in [-0.2, 0) is 4.79 Å². The van der Waals surface area contributed by atoms with Gasteiger partial charge in [0.1, 0.15) is 0 Å². The van der Waals surface area contributed by atoms with Gasteiger partial charge in [0.15, 0.2) is 0 Å². The van der Waals surface area contributed by atoms with E-state index in [2.05, 4.69) is 31.9 Å². The van der Waals surface area contributed by atoms with Crippen LogP contribution in [0.3, 0.4) is 0 Å². The second-order valence-electron chi connectivity index (χ2n) is 4.85. The first kappa shape index (κ1) is 17.0. The van der Waals surface area contributed by atoms with Gasteiger partial charge in [-0.15, -0.1) is 0 Å². The van der Waals surface area contributed by atoms with Gasteiger partial charge in [0.05, 0.1) is 6.54 Å². The molecule has 0 fully saturated rings. The molecule has 0 aromatic heterocycles. The summed E-state index contributed by atoms with van der Waals surface area (Å²) >= 11 is 3.36. The molecule has 0 bridgehead atoms. The van der Waals surface area contributed by atoms with Gasteiger partial charge in [-0.1, -0.05) is 22.0 Å². The zero-order chi connectivity index (χ0) is 16.7. The second-order valence-corrected chi connectivity index (χ2v) is 5.76. The number of hydrogen-bond donors (Lipinski definition) is 3. The molecule has 2 rings (SSSR count). The highest BCUT2D eigenvalue weighted by atomic mass is 79.9. The standard InChI is InChI=1S/C17H18BrN3O2/c1-2-19-17(23)12-4-3-5-15(10-12)21-16(22)11-20-14-8-6-13(18)7-9-14/h3-10,20H,2,11H2,1H3,(H,19,23)(H,21,22). The highest BCUT2D eigenvalue weighted by molar-refractivity contribution is 9.10. The summed E-state index contributed by atoms with van der Waals surface area (Å²) in [4.78, 5) is 23.8. The summed E-state index contributed by atoms with van der Waals surface area (Å²) in [6, 6.07) is 14.4. The summed E-state index contributed by atoms with van der Waals surface area (Å²) < 4.78 is 0.981. The number of nitrogens with one attached hydrogen (secondary N) is 3. The number of anilines is 2. The van der Waals surface area contributed by atoms with Gasteiger partial charge in [0, 0.05) is 28.0 Å². The first-order valence-electron chi connectivity index (χ1n) is 7.26. The number of amides is 2. The molecule has 0 spiro atoms. The van der Waals surface area contributed by atoms with E-state index in [0.717, 1.165) is 10.2 Å². The molecule has 0 unspecified atom stereocenters. The van der Waals surface area contributed by atoms with Crippen LogP contribution < -0.4 is 16.0 Å². The lowest BCUT2D eigenvalue weighted by Gasteiger charge is -2.09. The van der Waals surface area contributed by atoms with Crippen molar-refractivity contribution in [3.8, 4) is 0 Å². The average Bonchev–Trinajstić information content (AvgIpc) is 2.55. The number of rotatable bonds is 6. The van der Waals surface area contributed by atoms with E-state index in [4.69, 9.17) is 0 Å².